The number of nitrogens with one attached hydrogen (secondary N) is 1. The number of benzene rings is 1. The van der Waals surface area contributed by atoms with Gasteiger partial charge < -0.3 is 5.32 Å². The molecule has 2 atom stereocenters. The smallest absolute Gasteiger partial charge is 0.125 e. The van der Waals surface area contributed by atoms with Crippen LogP contribution in [-0.4, -0.2) is 40.7 Å². The average molecular weight is 427 g/mol. The molecule has 0 spiro atoms. The van der Waals surface area contributed by atoms with Crippen LogP contribution in [0.4, 0.5) is 15.8 Å². The van der Waals surface area contributed by atoms with Gasteiger partial charge in [-0.3, -0.25) is 4.90 Å². The first-order valence-corrected chi connectivity index (χ1v) is 11.7. The number of aromatic nitrogens is 2. The maximum absolute atomic E-state index is 12.9. The fraction of sp³-hybridized carbons (Fsp3) is 0.364. The lowest BCUT2D eigenvalue weighted by Crippen LogP contribution is -2.43. The number of hydrogen-bond donors (Lipinski definition) is 1. The number of fused-ring (bicyclic) bond motifs is 2. The highest BCUT2D eigenvalue weighted by Gasteiger charge is 2.30. The second-order valence-corrected chi connectivity index (χ2v) is 9.55. The van der Waals surface area contributed by atoms with E-state index in [1.54, 1.807) is 22.7 Å². The number of nitrogens with zero attached hydrogens (tertiary/aromatic N) is 3. The molecule has 1 saturated heterocycles. The van der Waals surface area contributed by atoms with Crippen LogP contribution >= 0.6 is 22.7 Å². The Morgan fingerprint density at radius 3 is 3.07 bits per heavy atom. The number of alkyl halides is 1. The summed E-state index contributed by atoms with van der Waals surface area (Å²) >= 11 is 3.43. The number of hydrogen-bond acceptors (Lipinski definition) is 6. The summed E-state index contributed by atoms with van der Waals surface area (Å²) in [6, 6.07) is 11.0. The van der Waals surface area contributed by atoms with Gasteiger partial charge in [0.1, 0.15) is 11.5 Å². The molecule has 1 N–H and O–H groups in total. The standard InChI is InChI=1S/C22H23FN4S2/c1-14-16(3-2-9-27(14)10-7-23)21-12-17-18(6-8-24-22(17)29-21)26-15-4-5-20-19(11-15)25-13-28-20/h4-6,8,11-14,16H,2-3,7,9-10H2,1H3,(H,24,26)/t14-,16+/m1/s1. The number of piperidine rings is 1. The summed E-state index contributed by atoms with van der Waals surface area (Å²) in [5.74, 6) is 0.439. The average Bonchev–Trinajstić information content (AvgIpc) is 3.36. The van der Waals surface area contributed by atoms with Crippen molar-refractivity contribution in [2.45, 2.75) is 31.7 Å². The number of likely N-dealkylation sites (tertiary alicyclic amines) is 1. The molecule has 0 radical (unpaired) electrons. The molecule has 29 heavy (non-hydrogen) atoms. The molecule has 4 heterocycles. The number of halogens is 1. The van der Waals surface area contributed by atoms with E-state index in [1.165, 1.54) is 9.58 Å². The SMILES string of the molecule is C[C@@H]1[C@@H](c2cc3c(Nc4ccc5scnc5c4)ccnc3s2)CCCN1CCF. The van der Waals surface area contributed by atoms with Gasteiger partial charge in [-0.2, -0.15) is 0 Å². The van der Waals surface area contributed by atoms with Crippen LogP contribution in [0.2, 0.25) is 0 Å². The zero-order valence-corrected chi connectivity index (χ0v) is 17.9. The van der Waals surface area contributed by atoms with Gasteiger partial charge in [-0.15, -0.1) is 22.7 Å². The molecular weight excluding hydrogens is 403 g/mol. The quantitative estimate of drug-likeness (QED) is 0.413. The Morgan fingerprint density at radius 1 is 1.24 bits per heavy atom. The van der Waals surface area contributed by atoms with Gasteiger partial charge >= 0.3 is 0 Å². The normalized spacial score (nSPS) is 20.5. The summed E-state index contributed by atoms with van der Waals surface area (Å²) in [5, 5.41) is 4.71. The maximum Gasteiger partial charge on any atom is 0.125 e. The molecule has 0 unspecified atom stereocenters. The van der Waals surface area contributed by atoms with Crippen molar-refractivity contribution in [1.82, 2.24) is 14.9 Å². The van der Waals surface area contributed by atoms with Gasteiger partial charge in [-0.1, -0.05) is 0 Å². The van der Waals surface area contributed by atoms with Gasteiger partial charge in [-0.05, 0) is 56.6 Å². The van der Waals surface area contributed by atoms with Crippen molar-refractivity contribution in [1.29, 1.82) is 0 Å². The monoisotopic (exact) mass is 426 g/mol. The van der Waals surface area contributed by atoms with Gasteiger partial charge in [-0.25, -0.2) is 14.4 Å². The van der Waals surface area contributed by atoms with Gasteiger partial charge in [0.2, 0.25) is 0 Å². The molecule has 1 aliphatic heterocycles. The largest absolute Gasteiger partial charge is 0.355 e. The molecule has 0 amide bonds. The first-order valence-electron chi connectivity index (χ1n) is 10.0. The number of rotatable bonds is 5. The van der Waals surface area contributed by atoms with Crippen LogP contribution in [0, 0.1) is 0 Å². The molecule has 7 heteroatoms. The molecule has 5 rings (SSSR count). The highest BCUT2D eigenvalue weighted by atomic mass is 32.1. The van der Waals surface area contributed by atoms with Crippen molar-refractivity contribution < 1.29 is 4.39 Å². The van der Waals surface area contributed by atoms with Crippen molar-refractivity contribution in [2.75, 3.05) is 25.1 Å². The Labute approximate surface area is 177 Å². The molecule has 0 bridgehead atoms. The number of anilines is 2. The molecule has 1 fully saturated rings. The topological polar surface area (TPSA) is 41.1 Å². The van der Waals surface area contributed by atoms with Crippen molar-refractivity contribution >= 4 is 54.5 Å². The lowest BCUT2D eigenvalue weighted by Gasteiger charge is -2.38. The van der Waals surface area contributed by atoms with E-state index in [-0.39, 0.29) is 6.67 Å². The third kappa shape index (κ3) is 3.63. The summed E-state index contributed by atoms with van der Waals surface area (Å²) in [7, 11) is 0. The zero-order valence-electron chi connectivity index (χ0n) is 16.3. The molecule has 4 nitrogen and oxygen atoms in total. The highest BCUT2D eigenvalue weighted by Crippen LogP contribution is 2.40. The third-order valence-electron chi connectivity index (χ3n) is 5.92. The van der Waals surface area contributed by atoms with E-state index in [2.05, 4.69) is 51.4 Å². The lowest BCUT2D eigenvalue weighted by atomic mass is 9.88. The van der Waals surface area contributed by atoms with Crippen LogP contribution in [0.5, 0.6) is 0 Å². The molecule has 1 aliphatic rings. The Bertz CT molecular complexity index is 1140. The van der Waals surface area contributed by atoms with Crippen molar-refractivity contribution in [3.8, 4) is 0 Å². The Balaban J connectivity index is 1.46. The second kappa shape index (κ2) is 7.97. The van der Waals surface area contributed by atoms with E-state index in [0.717, 1.165) is 46.5 Å². The Kier molecular flexibility index (Phi) is 5.20. The van der Waals surface area contributed by atoms with E-state index in [4.69, 9.17) is 0 Å². The van der Waals surface area contributed by atoms with Crippen molar-refractivity contribution in [3.05, 3.63) is 46.9 Å². The lowest BCUT2D eigenvalue weighted by molar-refractivity contribution is 0.130. The van der Waals surface area contributed by atoms with E-state index in [0.29, 0.717) is 18.5 Å². The van der Waals surface area contributed by atoms with Gasteiger partial charge in [0, 0.05) is 40.7 Å². The fourth-order valence-corrected chi connectivity index (χ4v) is 6.28. The molecular formula is C22H23FN4S2. The van der Waals surface area contributed by atoms with E-state index < -0.39 is 0 Å². The van der Waals surface area contributed by atoms with Crippen LogP contribution in [0.1, 0.15) is 30.6 Å². The van der Waals surface area contributed by atoms with Gasteiger partial charge in [0.05, 0.1) is 21.4 Å². The summed E-state index contributed by atoms with van der Waals surface area (Å²) in [4.78, 5) is 13.7. The van der Waals surface area contributed by atoms with Crippen molar-refractivity contribution in [3.63, 3.8) is 0 Å². The van der Waals surface area contributed by atoms with Crippen LogP contribution < -0.4 is 5.32 Å². The zero-order chi connectivity index (χ0) is 19.8. The first kappa shape index (κ1) is 18.9. The maximum atomic E-state index is 12.9. The summed E-state index contributed by atoms with van der Waals surface area (Å²) < 4.78 is 14.1. The van der Waals surface area contributed by atoms with E-state index in [9.17, 15) is 4.39 Å². The number of pyridine rings is 1. The molecule has 4 aromatic rings. The fourth-order valence-electron chi connectivity index (χ4n) is 4.36. The minimum atomic E-state index is -0.275. The molecule has 3 aromatic heterocycles. The molecule has 1 aromatic carbocycles. The third-order valence-corrected chi connectivity index (χ3v) is 7.90. The van der Waals surface area contributed by atoms with E-state index in [1.807, 2.05) is 17.8 Å². The number of thiophene rings is 1. The predicted molar refractivity (Wildman–Crippen MR) is 122 cm³/mol. The van der Waals surface area contributed by atoms with Crippen LogP contribution in [-0.2, 0) is 0 Å². The molecule has 0 saturated carbocycles. The van der Waals surface area contributed by atoms with Crippen molar-refractivity contribution in [2.24, 2.45) is 0 Å². The van der Waals surface area contributed by atoms with Crippen LogP contribution in [0.3, 0.4) is 0 Å². The highest BCUT2D eigenvalue weighted by molar-refractivity contribution is 7.18. The molecule has 150 valence electrons. The minimum absolute atomic E-state index is 0.275. The predicted octanol–water partition coefficient (Wildman–Crippen LogP) is 6.19. The second-order valence-electron chi connectivity index (χ2n) is 7.60. The molecule has 0 aliphatic carbocycles. The first-order chi connectivity index (χ1) is 14.2. The summed E-state index contributed by atoms with van der Waals surface area (Å²) in [5.41, 5.74) is 4.99. The van der Waals surface area contributed by atoms with Crippen LogP contribution in [0.25, 0.3) is 20.4 Å². The van der Waals surface area contributed by atoms with Gasteiger partial charge in [0.25, 0.3) is 0 Å². The Hall–Kier alpha value is -2.09. The minimum Gasteiger partial charge on any atom is -0.355 e. The van der Waals surface area contributed by atoms with E-state index >= 15 is 0 Å². The van der Waals surface area contributed by atoms with Gasteiger partial charge in [0.15, 0.2) is 0 Å². The van der Waals surface area contributed by atoms with Crippen LogP contribution in [0.15, 0.2) is 42.0 Å². The summed E-state index contributed by atoms with van der Waals surface area (Å²) in [6.07, 6.45) is 4.14. The Morgan fingerprint density at radius 2 is 2.17 bits per heavy atom. The summed E-state index contributed by atoms with van der Waals surface area (Å²) in [6.45, 7) is 3.49. The number of thiazole rings is 1.